The van der Waals surface area contributed by atoms with Gasteiger partial charge in [-0.25, -0.2) is 0 Å². The zero-order valence-corrected chi connectivity index (χ0v) is 12.4. The molecule has 96 valence electrons. The second-order valence-corrected chi connectivity index (χ2v) is 5.71. The van der Waals surface area contributed by atoms with Crippen molar-refractivity contribution in [1.29, 1.82) is 0 Å². The molecule has 0 aromatic heterocycles. The molecular formula is C17H18OSi. The summed E-state index contributed by atoms with van der Waals surface area (Å²) in [6, 6.07) is 18.7. The molecule has 0 aliphatic heterocycles. The highest BCUT2D eigenvalue weighted by atomic mass is 28.2. The van der Waals surface area contributed by atoms with Crippen LogP contribution >= 0.6 is 0 Å². The Balaban J connectivity index is 2.17. The molecule has 0 spiro atoms. The maximum absolute atomic E-state index is 5.67. The first kappa shape index (κ1) is 13.8. The van der Waals surface area contributed by atoms with Crippen LogP contribution in [0, 0.1) is 0 Å². The molecule has 0 saturated carbocycles. The van der Waals surface area contributed by atoms with Gasteiger partial charge in [0.15, 0.2) is 0 Å². The summed E-state index contributed by atoms with van der Waals surface area (Å²) in [6.45, 7) is 8.30. The van der Waals surface area contributed by atoms with Crippen molar-refractivity contribution in [3.05, 3.63) is 72.3 Å². The van der Waals surface area contributed by atoms with E-state index in [0.29, 0.717) is 9.76 Å². The summed E-state index contributed by atoms with van der Waals surface area (Å²) in [5, 5.41) is 1.21. The maximum atomic E-state index is 5.67. The Kier molecular flexibility index (Phi) is 4.72. The van der Waals surface area contributed by atoms with Crippen LogP contribution in [-0.2, 0) is 4.43 Å². The van der Waals surface area contributed by atoms with Crippen molar-refractivity contribution in [3.63, 3.8) is 0 Å². The lowest BCUT2D eigenvalue weighted by atomic mass is 10.00. The van der Waals surface area contributed by atoms with Crippen LogP contribution in [-0.4, -0.2) is 15.9 Å². The molecule has 0 atom stereocenters. The van der Waals surface area contributed by atoms with E-state index in [2.05, 4.69) is 56.8 Å². The summed E-state index contributed by atoms with van der Waals surface area (Å²) in [4.78, 5) is 0. The molecule has 2 aromatic carbocycles. The molecule has 2 radical (unpaired) electrons. The number of benzene rings is 2. The Morgan fingerprint density at radius 1 is 1.00 bits per heavy atom. The van der Waals surface area contributed by atoms with Crippen LogP contribution in [0.25, 0.3) is 5.57 Å². The van der Waals surface area contributed by atoms with Gasteiger partial charge in [-0.15, -0.1) is 0 Å². The molecule has 0 unspecified atom stereocenters. The normalized spacial score (nSPS) is 10.7. The Hall–Kier alpha value is -1.64. The molecule has 19 heavy (non-hydrogen) atoms. The molecule has 0 aliphatic rings. The third-order valence-corrected chi connectivity index (χ3v) is 3.88. The van der Waals surface area contributed by atoms with Gasteiger partial charge in [-0.1, -0.05) is 61.2 Å². The van der Waals surface area contributed by atoms with Gasteiger partial charge in [0.25, 0.3) is 9.76 Å². The lowest BCUT2D eigenvalue weighted by Gasteiger charge is -2.09. The number of hydrogen-bond acceptors (Lipinski definition) is 1. The van der Waals surface area contributed by atoms with Crippen LogP contribution in [0.4, 0.5) is 0 Å². The van der Waals surface area contributed by atoms with Crippen LogP contribution in [0.5, 0.6) is 0 Å². The van der Waals surface area contributed by atoms with Crippen molar-refractivity contribution in [2.75, 3.05) is 0 Å². The summed E-state index contributed by atoms with van der Waals surface area (Å²) in [5.74, 6) is 0. The predicted octanol–water partition coefficient (Wildman–Crippen LogP) is 3.42. The maximum Gasteiger partial charge on any atom is 0.269 e. The first-order valence-corrected chi connectivity index (χ1v) is 7.34. The van der Waals surface area contributed by atoms with E-state index in [4.69, 9.17) is 4.43 Å². The Labute approximate surface area is 117 Å². The van der Waals surface area contributed by atoms with Crippen molar-refractivity contribution >= 4 is 20.5 Å². The fourth-order valence-electron chi connectivity index (χ4n) is 1.76. The molecule has 2 heteroatoms. The molecule has 1 nitrogen and oxygen atoms in total. The lowest BCUT2D eigenvalue weighted by molar-refractivity contribution is 0.260. The Morgan fingerprint density at radius 2 is 1.68 bits per heavy atom. The monoisotopic (exact) mass is 266 g/mol. The van der Waals surface area contributed by atoms with Gasteiger partial charge < -0.3 is 4.43 Å². The molecular weight excluding hydrogens is 248 g/mol. The lowest BCUT2D eigenvalue weighted by Crippen LogP contribution is -2.21. The van der Waals surface area contributed by atoms with E-state index in [0.717, 1.165) is 16.7 Å². The van der Waals surface area contributed by atoms with E-state index < -0.39 is 0 Å². The first-order chi connectivity index (χ1) is 9.16. The highest BCUT2D eigenvalue weighted by molar-refractivity contribution is 6.47. The molecule has 2 rings (SSSR count). The third kappa shape index (κ3) is 3.91. The smallest absolute Gasteiger partial charge is 0.269 e. The highest BCUT2D eigenvalue weighted by Gasteiger charge is 2.05. The summed E-state index contributed by atoms with van der Waals surface area (Å²) in [6.07, 6.45) is 0.263. The average Bonchev–Trinajstić information content (AvgIpc) is 2.45. The van der Waals surface area contributed by atoms with Crippen molar-refractivity contribution < 1.29 is 4.43 Å². The SMILES string of the molecule is C=C(c1ccccc1)c1cccc([Si]OC(C)C)c1. The van der Waals surface area contributed by atoms with Crippen molar-refractivity contribution in [1.82, 2.24) is 0 Å². The van der Waals surface area contributed by atoms with Crippen molar-refractivity contribution in [3.8, 4) is 0 Å². The van der Waals surface area contributed by atoms with E-state index >= 15 is 0 Å². The largest absolute Gasteiger partial charge is 0.409 e. The third-order valence-electron chi connectivity index (χ3n) is 2.75. The van der Waals surface area contributed by atoms with Crippen LogP contribution in [0.2, 0.25) is 0 Å². The summed E-state index contributed by atoms with van der Waals surface area (Å²) >= 11 is 0. The molecule has 2 aromatic rings. The summed E-state index contributed by atoms with van der Waals surface area (Å²) < 4.78 is 5.67. The molecule has 0 saturated heterocycles. The van der Waals surface area contributed by atoms with Crippen LogP contribution in [0.3, 0.4) is 0 Å². The number of rotatable bonds is 5. The first-order valence-electron chi connectivity index (χ1n) is 6.43. The quantitative estimate of drug-likeness (QED) is 0.754. The van der Waals surface area contributed by atoms with Crippen molar-refractivity contribution in [2.45, 2.75) is 20.0 Å². The Bertz CT molecular complexity index is 546. The summed E-state index contributed by atoms with van der Waals surface area (Å²) in [5.41, 5.74) is 3.37. The highest BCUT2D eigenvalue weighted by Crippen LogP contribution is 2.19. The minimum atomic E-state index is 0.263. The molecule has 0 amide bonds. The van der Waals surface area contributed by atoms with E-state index in [9.17, 15) is 0 Å². The molecule has 0 heterocycles. The second kappa shape index (κ2) is 6.50. The van der Waals surface area contributed by atoms with Crippen LogP contribution in [0.15, 0.2) is 61.2 Å². The molecule has 0 aliphatic carbocycles. The van der Waals surface area contributed by atoms with Gasteiger partial charge in [-0.05, 0) is 35.7 Å². The average molecular weight is 266 g/mol. The van der Waals surface area contributed by atoms with Gasteiger partial charge in [0.2, 0.25) is 0 Å². The predicted molar refractivity (Wildman–Crippen MR) is 82.6 cm³/mol. The summed E-state index contributed by atoms with van der Waals surface area (Å²) in [7, 11) is 0.390. The van der Waals surface area contributed by atoms with Crippen LogP contribution in [0.1, 0.15) is 25.0 Å². The Morgan fingerprint density at radius 3 is 2.37 bits per heavy atom. The molecule has 0 N–H and O–H groups in total. The fourth-order valence-corrected chi connectivity index (χ4v) is 2.51. The van der Waals surface area contributed by atoms with Crippen LogP contribution < -0.4 is 5.19 Å². The van der Waals surface area contributed by atoms with E-state index in [-0.39, 0.29) is 6.10 Å². The molecule has 0 bridgehead atoms. The van der Waals surface area contributed by atoms with Gasteiger partial charge in [0, 0.05) is 6.10 Å². The minimum absolute atomic E-state index is 0.263. The van der Waals surface area contributed by atoms with E-state index in [1.54, 1.807) is 0 Å². The van der Waals surface area contributed by atoms with Gasteiger partial charge in [-0.2, -0.15) is 0 Å². The van der Waals surface area contributed by atoms with E-state index in [1.165, 1.54) is 5.19 Å². The van der Waals surface area contributed by atoms with E-state index in [1.807, 2.05) is 18.2 Å². The topological polar surface area (TPSA) is 9.23 Å². The second-order valence-electron chi connectivity index (χ2n) is 4.69. The minimum Gasteiger partial charge on any atom is -0.409 e. The van der Waals surface area contributed by atoms with Gasteiger partial charge >= 0.3 is 0 Å². The zero-order valence-electron chi connectivity index (χ0n) is 11.4. The van der Waals surface area contributed by atoms with Gasteiger partial charge in [0.1, 0.15) is 0 Å². The molecule has 0 fully saturated rings. The zero-order chi connectivity index (χ0) is 13.7. The number of hydrogen-bond donors (Lipinski definition) is 0. The van der Waals surface area contributed by atoms with Gasteiger partial charge in [-0.3, -0.25) is 0 Å². The van der Waals surface area contributed by atoms with Crippen molar-refractivity contribution in [2.24, 2.45) is 0 Å². The fraction of sp³-hybridized carbons (Fsp3) is 0.176. The van der Waals surface area contributed by atoms with Gasteiger partial charge in [0.05, 0.1) is 0 Å². The standard InChI is InChI=1S/C17H18OSi/c1-13(2)18-19-17-11-7-10-16(12-17)14(3)15-8-5-4-6-9-15/h4-13H,3H2,1-2H3.